The lowest BCUT2D eigenvalue weighted by Crippen LogP contribution is -2.20. The molecular weight excluding hydrogens is 244 g/mol. The predicted octanol–water partition coefficient (Wildman–Crippen LogP) is 1.54. The predicted molar refractivity (Wildman–Crippen MR) is 71.1 cm³/mol. The molecule has 6 heteroatoms. The van der Waals surface area contributed by atoms with Gasteiger partial charge in [0.2, 0.25) is 5.91 Å². The van der Waals surface area contributed by atoms with Crippen molar-refractivity contribution in [3.63, 3.8) is 0 Å². The SMILES string of the molecule is COc1ccc(C)cc1NC(=O)Cn1nncc1C. The van der Waals surface area contributed by atoms with Gasteiger partial charge in [0.1, 0.15) is 12.3 Å². The number of nitrogens with one attached hydrogen (secondary N) is 1. The molecule has 0 saturated heterocycles. The van der Waals surface area contributed by atoms with E-state index in [1.165, 1.54) is 4.68 Å². The second kappa shape index (κ2) is 5.51. The molecule has 1 N–H and O–H groups in total. The maximum absolute atomic E-state index is 12.0. The second-order valence-electron chi connectivity index (χ2n) is 4.28. The molecule has 0 aliphatic carbocycles. The first kappa shape index (κ1) is 13.1. The third-order valence-corrected chi connectivity index (χ3v) is 2.73. The number of ether oxygens (including phenoxy) is 1. The zero-order valence-electron chi connectivity index (χ0n) is 11.2. The Balaban J connectivity index is 2.11. The van der Waals surface area contributed by atoms with Crippen LogP contribution < -0.4 is 10.1 Å². The monoisotopic (exact) mass is 260 g/mol. The first-order valence-corrected chi connectivity index (χ1v) is 5.89. The first-order chi connectivity index (χ1) is 9.10. The standard InChI is InChI=1S/C13H16N4O2/c1-9-4-5-12(19-3)11(6-9)15-13(18)8-17-10(2)7-14-16-17/h4-7H,8H2,1-3H3,(H,15,18). The van der Waals surface area contributed by atoms with Gasteiger partial charge < -0.3 is 10.1 Å². The highest BCUT2D eigenvalue weighted by Gasteiger charge is 2.10. The normalized spacial score (nSPS) is 10.3. The van der Waals surface area contributed by atoms with Crippen LogP contribution in [0.3, 0.4) is 0 Å². The van der Waals surface area contributed by atoms with Gasteiger partial charge in [-0.2, -0.15) is 0 Å². The molecular formula is C13H16N4O2. The number of rotatable bonds is 4. The van der Waals surface area contributed by atoms with Crippen LogP contribution in [0.15, 0.2) is 24.4 Å². The summed E-state index contributed by atoms with van der Waals surface area (Å²) in [6.07, 6.45) is 1.61. The van der Waals surface area contributed by atoms with Crippen LogP contribution in [0.4, 0.5) is 5.69 Å². The summed E-state index contributed by atoms with van der Waals surface area (Å²) in [5.41, 5.74) is 2.55. The van der Waals surface area contributed by atoms with Crippen LogP contribution in [-0.4, -0.2) is 28.0 Å². The average molecular weight is 260 g/mol. The minimum Gasteiger partial charge on any atom is -0.495 e. The van der Waals surface area contributed by atoms with Crippen molar-refractivity contribution in [1.29, 1.82) is 0 Å². The van der Waals surface area contributed by atoms with Crippen molar-refractivity contribution in [3.8, 4) is 5.75 Å². The van der Waals surface area contributed by atoms with Gasteiger partial charge >= 0.3 is 0 Å². The largest absolute Gasteiger partial charge is 0.495 e. The minimum absolute atomic E-state index is 0.128. The zero-order chi connectivity index (χ0) is 13.8. The van der Waals surface area contributed by atoms with Gasteiger partial charge in [-0.05, 0) is 31.5 Å². The molecule has 0 fully saturated rings. The Labute approximate surface area is 111 Å². The summed E-state index contributed by atoms with van der Waals surface area (Å²) in [5, 5.41) is 10.4. The molecule has 2 aromatic rings. The number of carbonyl (C=O) groups is 1. The van der Waals surface area contributed by atoms with E-state index in [9.17, 15) is 4.79 Å². The van der Waals surface area contributed by atoms with E-state index in [4.69, 9.17) is 4.74 Å². The Morgan fingerprint density at radius 2 is 2.21 bits per heavy atom. The van der Waals surface area contributed by atoms with E-state index >= 15 is 0 Å². The number of benzene rings is 1. The lowest BCUT2D eigenvalue weighted by atomic mass is 10.2. The van der Waals surface area contributed by atoms with Crippen LogP contribution in [0.1, 0.15) is 11.3 Å². The number of nitrogens with zero attached hydrogens (tertiary/aromatic N) is 3. The van der Waals surface area contributed by atoms with Gasteiger partial charge in [-0.3, -0.25) is 4.79 Å². The molecule has 1 amide bonds. The van der Waals surface area contributed by atoms with E-state index in [0.717, 1.165) is 11.3 Å². The molecule has 0 atom stereocenters. The number of anilines is 1. The summed E-state index contributed by atoms with van der Waals surface area (Å²) in [6, 6.07) is 5.62. The molecule has 0 aliphatic heterocycles. The number of hydrogen-bond donors (Lipinski definition) is 1. The molecule has 0 unspecified atom stereocenters. The van der Waals surface area contributed by atoms with Crippen LogP contribution in [0.2, 0.25) is 0 Å². The third-order valence-electron chi connectivity index (χ3n) is 2.73. The first-order valence-electron chi connectivity index (χ1n) is 5.89. The smallest absolute Gasteiger partial charge is 0.246 e. The highest BCUT2D eigenvalue weighted by atomic mass is 16.5. The van der Waals surface area contributed by atoms with E-state index in [2.05, 4.69) is 15.6 Å². The van der Waals surface area contributed by atoms with Gasteiger partial charge in [-0.25, -0.2) is 4.68 Å². The van der Waals surface area contributed by atoms with Crippen LogP contribution in [0.25, 0.3) is 0 Å². The summed E-state index contributed by atoms with van der Waals surface area (Å²) >= 11 is 0. The van der Waals surface area contributed by atoms with E-state index in [1.807, 2.05) is 32.0 Å². The number of hydrogen-bond acceptors (Lipinski definition) is 4. The molecule has 0 bridgehead atoms. The molecule has 2 rings (SSSR count). The van der Waals surface area contributed by atoms with Gasteiger partial charge in [0.25, 0.3) is 0 Å². The quantitative estimate of drug-likeness (QED) is 0.905. The maximum Gasteiger partial charge on any atom is 0.246 e. The molecule has 1 aromatic heterocycles. The lowest BCUT2D eigenvalue weighted by Gasteiger charge is -2.11. The molecule has 0 aliphatic rings. The fourth-order valence-corrected chi connectivity index (χ4v) is 1.71. The second-order valence-corrected chi connectivity index (χ2v) is 4.28. The molecule has 6 nitrogen and oxygen atoms in total. The average Bonchev–Trinajstić information content (AvgIpc) is 2.75. The topological polar surface area (TPSA) is 69.0 Å². The summed E-state index contributed by atoms with van der Waals surface area (Å²) < 4.78 is 6.75. The molecule has 0 saturated carbocycles. The van der Waals surface area contributed by atoms with E-state index < -0.39 is 0 Å². The van der Waals surface area contributed by atoms with Crippen LogP contribution in [-0.2, 0) is 11.3 Å². The minimum atomic E-state index is -0.169. The van der Waals surface area contributed by atoms with E-state index in [-0.39, 0.29) is 12.5 Å². The Morgan fingerprint density at radius 1 is 1.42 bits per heavy atom. The van der Waals surface area contributed by atoms with Crippen LogP contribution >= 0.6 is 0 Å². The van der Waals surface area contributed by atoms with E-state index in [1.54, 1.807) is 13.3 Å². The summed E-state index contributed by atoms with van der Waals surface area (Å²) in [6.45, 7) is 3.93. The van der Waals surface area contributed by atoms with Gasteiger partial charge in [-0.15, -0.1) is 5.10 Å². The van der Waals surface area contributed by atoms with Crippen LogP contribution in [0.5, 0.6) is 5.75 Å². The summed E-state index contributed by atoms with van der Waals surface area (Å²) in [4.78, 5) is 12.0. The van der Waals surface area contributed by atoms with Crippen molar-refractivity contribution in [2.45, 2.75) is 20.4 Å². The fourth-order valence-electron chi connectivity index (χ4n) is 1.71. The van der Waals surface area contributed by atoms with Crippen molar-refractivity contribution in [3.05, 3.63) is 35.7 Å². The lowest BCUT2D eigenvalue weighted by molar-refractivity contribution is -0.117. The summed E-state index contributed by atoms with van der Waals surface area (Å²) in [5.74, 6) is 0.465. The number of carbonyl (C=O) groups excluding carboxylic acids is 1. The molecule has 19 heavy (non-hydrogen) atoms. The van der Waals surface area contributed by atoms with Gasteiger partial charge in [0.05, 0.1) is 24.7 Å². The fraction of sp³-hybridized carbons (Fsp3) is 0.308. The Bertz CT molecular complexity index is 592. The zero-order valence-corrected chi connectivity index (χ0v) is 11.2. The number of methoxy groups -OCH3 is 1. The van der Waals surface area contributed by atoms with Gasteiger partial charge in [0.15, 0.2) is 0 Å². The van der Waals surface area contributed by atoms with Crippen molar-refractivity contribution in [2.75, 3.05) is 12.4 Å². The maximum atomic E-state index is 12.0. The van der Waals surface area contributed by atoms with Crippen molar-refractivity contribution in [1.82, 2.24) is 15.0 Å². The summed E-state index contributed by atoms with van der Waals surface area (Å²) in [7, 11) is 1.57. The number of amides is 1. The number of aromatic nitrogens is 3. The van der Waals surface area contributed by atoms with Gasteiger partial charge in [0, 0.05) is 0 Å². The van der Waals surface area contributed by atoms with E-state index in [0.29, 0.717) is 11.4 Å². The molecule has 0 spiro atoms. The third kappa shape index (κ3) is 3.09. The highest BCUT2D eigenvalue weighted by molar-refractivity contribution is 5.92. The number of aryl methyl sites for hydroxylation is 2. The molecule has 100 valence electrons. The molecule has 0 radical (unpaired) electrons. The highest BCUT2D eigenvalue weighted by Crippen LogP contribution is 2.25. The Kier molecular flexibility index (Phi) is 3.79. The van der Waals surface area contributed by atoms with Gasteiger partial charge in [-0.1, -0.05) is 11.3 Å². The van der Waals surface area contributed by atoms with Crippen LogP contribution in [0, 0.1) is 13.8 Å². The van der Waals surface area contributed by atoms with Crippen molar-refractivity contribution in [2.24, 2.45) is 0 Å². The molecule has 1 aromatic carbocycles. The Morgan fingerprint density at radius 3 is 2.84 bits per heavy atom. The molecule has 1 heterocycles. The van der Waals surface area contributed by atoms with Crippen molar-refractivity contribution >= 4 is 11.6 Å². The Hall–Kier alpha value is -2.37. The van der Waals surface area contributed by atoms with Crippen molar-refractivity contribution < 1.29 is 9.53 Å².